The van der Waals surface area contributed by atoms with Crippen LogP contribution in [0, 0.1) is 0 Å². The Hall–Kier alpha value is -1.43. The second-order valence-corrected chi connectivity index (χ2v) is 4.01. The van der Waals surface area contributed by atoms with Crippen LogP contribution in [0.5, 0.6) is 0 Å². The van der Waals surface area contributed by atoms with E-state index in [9.17, 15) is 4.79 Å². The maximum absolute atomic E-state index is 11.5. The number of hydrogen-bond acceptors (Lipinski definition) is 4. The summed E-state index contributed by atoms with van der Waals surface area (Å²) in [6.07, 6.45) is 3.43. The maximum Gasteiger partial charge on any atom is 0.237 e. The van der Waals surface area contributed by atoms with Crippen LogP contribution in [0.4, 0.5) is 0 Å². The van der Waals surface area contributed by atoms with Gasteiger partial charge < -0.3 is 10.6 Å². The highest BCUT2D eigenvalue weighted by atomic mass is 16.2. The molecule has 1 heterocycles. The lowest BCUT2D eigenvalue weighted by molar-refractivity contribution is -0.123. The van der Waals surface area contributed by atoms with Crippen LogP contribution in [0.15, 0.2) is 12.4 Å². The molecule has 0 radical (unpaired) electrons. The van der Waals surface area contributed by atoms with Gasteiger partial charge in [-0.15, -0.1) is 5.10 Å². The average molecular weight is 225 g/mol. The molecule has 0 aliphatic heterocycles. The molecule has 1 unspecified atom stereocenters. The molecule has 0 aromatic carbocycles. The largest absolute Gasteiger partial charge is 0.353 e. The Balaban J connectivity index is 2.19. The molecule has 0 aliphatic carbocycles. The summed E-state index contributed by atoms with van der Waals surface area (Å²) < 4.78 is 1.72. The molecule has 1 atom stereocenters. The van der Waals surface area contributed by atoms with Crippen LogP contribution in [-0.2, 0) is 11.3 Å². The van der Waals surface area contributed by atoms with Gasteiger partial charge in [-0.2, -0.15) is 0 Å². The van der Waals surface area contributed by atoms with E-state index in [2.05, 4.69) is 20.9 Å². The van der Waals surface area contributed by atoms with E-state index >= 15 is 0 Å². The number of rotatable bonds is 6. The number of carbonyl (C=O) groups is 1. The molecule has 1 aromatic rings. The van der Waals surface area contributed by atoms with E-state index in [0.29, 0.717) is 13.1 Å². The lowest BCUT2D eigenvalue weighted by Crippen LogP contribution is -2.45. The molecule has 2 N–H and O–H groups in total. The lowest BCUT2D eigenvalue weighted by atomic mass is 10.3. The van der Waals surface area contributed by atoms with Crippen molar-refractivity contribution >= 4 is 5.91 Å². The monoisotopic (exact) mass is 225 g/mol. The van der Waals surface area contributed by atoms with Crippen molar-refractivity contribution in [2.24, 2.45) is 0 Å². The van der Waals surface area contributed by atoms with Crippen molar-refractivity contribution < 1.29 is 4.79 Å². The number of aromatic nitrogens is 3. The van der Waals surface area contributed by atoms with Crippen molar-refractivity contribution in [3.63, 3.8) is 0 Å². The van der Waals surface area contributed by atoms with E-state index in [1.165, 1.54) is 0 Å². The minimum Gasteiger partial charge on any atom is -0.353 e. The van der Waals surface area contributed by atoms with Crippen molar-refractivity contribution in [1.29, 1.82) is 0 Å². The molecule has 0 saturated carbocycles. The molecule has 1 aromatic heterocycles. The zero-order valence-corrected chi connectivity index (χ0v) is 9.97. The Morgan fingerprint density at radius 2 is 2.19 bits per heavy atom. The van der Waals surface area contributed by atoms with Gasteiger partial charge in [0.25, 0.3) is 0 Å². The fourth-order valence-electron chi connectivity index (χ4n) is 1.25. The fourth-order valence-corrected chi connectivity index (χ4v) is 1.25. The van der Waals surface area contributed by atoms with Crippen LogP contribution >= 0.6 is 0 Å². The molecule has 1 rings (SSSR count). The van der Waals surface area contributed by atoms with Gasteiger partial charge in [-0.1, -0.05) is 5.21 Å². The number of carbonyl (C=O) groups excluding carboxylic acids is 1. The third-order valence-electron chi connectivity index (χ3n) is 2.09. The fraction of sp³-hybridized carbons (Fsp3) is 0.700. The van der Waals surface area contributed by atoms with Crippen LogP contribution in [0.3, 0.4) is 0 Å². The van der Waals surface area contributed by atoms with Crippen LogP contribution in [0.1, 0.15) is 20.8 Å². The lowest BCUT2D eigenvalue weighted by Gasteiger charge is -2.15. The first-order valence-corrected chi connectivity index (χ1v) is 5.47. The second kappa shape index (κ2) is 6.22. The highest BCUT2D eigenvalue weighted by Gasteiger charge is 2.12. The summed E-state index contributed by atoms with van der Waals surface area (Å²) in [4.78, 5) is 11.5. The number of nitrogens with one attached hydrogen (secondary N) is 2. The van der Waals surface area contributed by atoms with E-state index in [4.69, 9.17) is 0 Å². The van der Waals surface area contributed by atoms with Crippen LogP contribution in [0.25, 0.3) is 0 Å². The molecule has 16 heavy (non-hydrogen) atoms. The van der Waals surface area contributed by atoms with Gasteiger partial charge >= 0.3 is 0 Å². The van der Waals surface area contributed by atoms with Crippen molar-refractivity contribution in [3.05, 3.63) is 12.4 Å². The summed E-state index contributed by atoms with van der Waals surface area (Å²) in [5, 5.41) is 13.5. The first-order valence-electron chi connectivity index (χ1n) is 5.47. The Morgan fingerprint density at radius 3 is 2.75 bits per heavy atom. The molecule has 0 bridgehead atoms. The molecular formula is C10H19N5O. The van der Waals surface area contributed by atoms with E-state index < -0.39 is 0 Å². The minimum absolute atomic E-state index is 0.0218. The predicted octanol–water partition coefficient (Wildman–Crippen LogP) is -0.219. The SMILES string of the molecule is CC(C)NC(=O)C(C)NCCn1ccnn1. The summed E-state index contributed by atoms with van der Waals surface area (Å²) in [6.45, 7) is 7.13. The van der Waals surface area contributed by atoms with Gasteiger partial charge in [-0.05, 0) is 20.8 Å². The summed E-state index contributed by atoms with van der Waals surface area (Å²) in [7, 11) is 0. The van der Waals surface area contributed by atoms with Gasteiger partial charge in [-0.25, -0.2) is 0 Å². The molecule has 1 amide bonds. The smallest absolute Gasteiger partial charge is 0.237 e. The van der Waals surface area contributed by atoms with Crippen molar-refractivity contribution in [2.75, 3.05) is 6.54 Å². The number of amides is 1. The van der Waals surface area contributed by atoms with Gasteiger partial charge in [0.05, 0.1) is 18.8 Å². The first-order chi connectivity index (χ1) is 7.59. The summed E-state index contributed by atoms with van der Waals surface area (Å²) in [6, 6.07) is -0.0158. The third-order valence-corrected chi connectivity index (χ3v) is 2.09. The van der Waals surface area contributed by atoms with Crippen LogP contribution in [0.2, 0.25) is 0 Å². The Bertz CT molecular complexity index is 309. The second-order valence-electron chi connectivity index (χ2n) is 4.01. The van der Waals surface area contributed by atoms with Gasteiger partial charge in [0, 0.05) is 18.8 Å². The Labute approximate surface area is 95.4 Å². The third kappa shape index (κ3) is 4.39. The predicted molar refractivity (Wildman–Crippen MR) is 60.8 cm³/mol. The summed E-state index contributed by atoms with van der Waals surface area (Å²) in [5.41, 5.74) is 0. The molecule has 0 spiro atoms. The Kier molecular flexibility index (Phi) is 4.91. The highest BCUT2D eigenvalue weighted by molar-refractivity contribution is 5.81. The normalized spacial score (nSPS) is 12.8. The number of nitrogens with zero attached hydrogens (tertiary/aromatic N) is 3. The highest BCUT2D eigenvalue weighted by Crippen LogP contribution is 1.86. The number of hydrogen-bond donors (Lipinski definition) is 2. The van der Waals surface area contributed by atoms with Gasteiger partial charge in [0.2, 0.25) is 5.91 Å². The molecule has 6 heteroatoms. The quantitative estimate of drug-likeness (QED) is 0.702. The van der Waals surface area contributed by atoms with Crippen LogP contribution in [-0.4, -0.2) is 39.5 Å². The molecule has 0 aliphatic rings. The Morgan fingerprint density at radius 1 is 1.44 bits per heavy atom. The van der Waals surface area contributed by atoms with E-state index in [-0.39, 0.29) is 18.0 Å². The van der Waals surface area contributed by atoms with Crippen molar-refractivity contribution in [3.8, 4) is 0 Å². The van der Waals surface area contributed by atoms with Crippen LogP contribution < -0.4 is 10.6 Å². The molecule has 0 saturated heterocycles. The zero-order valence-electron chi connectivity index (χ0n) is 9.97. The minimum atomic E-state index is -0.189. The van der Waals surface area contributed by atoms with Gasteiger partial charge in [0.1, 0.15) is 0 Å². The summed E-state index contributed by atoms with van der Waals surface area (Å²) in [5.74, 6) is 0.0218. The summed E-state index contributed by atoms with van der Waals surface area (Å²) >= 11 is 0. The van der Waals surface area contributed by atoms with Crippen molar-refractivity contribution in [1.82, 2.24) is 25.6 Å². The first kappa shape index (κ1) is 12.6. The van der Waals surface area contributed by atoms with E-state index in [0.717, 1.165) is 0 Å². The zero-order chi connectivity index (χ0) is 12.0. The molecule has 90 valence electrons. The van der Waals surface area contributed by atoms with E-state index in [1.54, 1.807) is 17.1 Å². The maximum atomic E-state index is 11.5. The van der Waals surface area contributed by atoms with Gasteiger partial charge in [0.15, 0.2) is 0 Å². The molecular weight excluding hydrogens is 206 g/mol. The average Bonchev–Trinajstić information content (AvgIpc) is 2.69. The topological polar surface area (TPSA) is 71.8 Å². The standard InChI is InChI=1S/C10H19N5O/c1-8(2)13-10(16)9(3)11-4-6-15-7-5-12-14-15/h5,7-9,11H,4,6H2,1-3H3,(H,13,16). The van der Waals surface area contributed by atoms with Gasteiger partial charge in [-0.3, -0.25) is 9.48 Å². The van der Waals surface area contributed by atoms with Crippen molar-refractivity contribution in [2.45, 2.75) is 39.4 Å². The molecule has 6 nitrogen and oxygen atoms in total. The van der Waals surface area contributed by atoms with E-state index in [1.807, 2.05) is 20.8 Å². The molecule has 0 fully saturated rings.